The van der Waals surface area contributed by atoms with Crippen LogP contribution in [-0.4, -0.2) is 21.8 Å². The third kappa shape index (κ3) is 3.40. The van der Waals surface area contributed by atoms with Gasteiger partial charge in [0.25, 0.3) is 0 Å². The van der Waals surface area contributed by atoms with Gasteiger partial charge in [0.15, 0.2) is 11.1 Å². The zero-order valence-corrected chi connectivity index (χ0v) is 11.7. The molecule has 0 bridgehead atoms. The maximum atomic E-state index is 11.6. The number of carbonyl (C=O) groups excluding carboxylic acids is 1. The third-order valence-electron chi connectivity index (χ3n) is 2.89. The molecule has 4 nitrogen and oxygen atoms in total. The number of aryl methyl sites for hydroxylation is 1. The molecule has 1 aromatic carbocycles. The highest BCUT2D eigenvalue weighted by Crippen LogP contribution is 2.22. The van der Waals surface area contributed by atoms with Gasteiger partial charge >= 0.3 is 5.97 Å². The third-order valence-corrected chi connectivity index (χ3v) is 3.42. The van der Waals surface area contributed by atoms with E-state index in [1.54, 1.807) is 13.0 Å². The summed E-state index contributed by atoms with van der Waals surface area (Å²) in [6, 6.07) is 3.56. The van der Waals surface area contributed by atoms with E-state index in [0.29, 0.717) is 5.56 Å². The number of hydrogen-bond donors (Lipinski definition) is 1. The Labute approximate surface area is 110 Å². The second-order valence-electron chi connectivity index (χ2n) is 4.08. The molecule has 0 saturated heterocycles. The summed E-state index contributed by atoms with van der Waals surface area (Å²) in [7, 11) is 1.32. The Morgan fingerprint density at radius 3 is 2.61 bits per heavy atom. The fourth-order valence-corrected chi connectivity index (χ4v) is 2.62. The minimum Gasteiger partial charge on any atom is -0.465 e. The van der Waals surface area contributed by atoms with Gasteiger partial charge in [0.1, 0.15) is 0 Å². The predicted molar refractivity (Wildman–Crippen MR) is 71.0 cm³/mol. The zero-order valence-electron chi connectivity index (χ0n) is 10.9. The van der Waals surface area contributed by atoms with Crippen LogP contribution in [0.15, 0.2) is 12.1 Å². The first kappa shape index (κ1) is 14.9. The van der Waals surface area contributed by atoms with E-state index < -0.39 is 17.0 Å². The van der Waals surface area contributed by atoms with E-state index in [1.807, 2.05) is 13.0 Å². The molecule has 100 valence electrons. The van der Waals surface area contributed by atoms with Crippen molar-refractivity contribution >= 4 is 17.0 Å². The molecule has 0 fully saturated rings. The smallest absolute Gasteiger partial charge is 0.338 e. The fourth-order valence-electron chi connectivity index (χ4n) is 1.97. The summed E-state index contributed by atoms with van der Waals surface area (Å²) in [4.78, 5) is 11.6. The minimum absolute atomic E-state index is 0.0476. The molecular weight excluding hydrogens is 252 g/mol. The Morgan fingerprint density at radius 2 is 2.11 bits per heavy atom. The molecule has 0 spiro atoms. The molecule has 5 heteroatoms. The Hall–Kier alpha value is -1.20. The van der Waals surface area contributed by atoms with Gasteiger partial charge in [-0.15, -0.1) is 0 Å². The number of methoxy groups -OCH3 is 1. The van der Waals surface area contributed by atoms with Crippen molar-refractivity contribution in [2.75, 3.05) is 7.11 Å². The van der Waals surface area contributed by atoms with Gasteiger partial charge in [-0.3, -0.25) is 0 Å². The van der Waals surface area contributed by atoms with Crippen molar-refractivity contribution in [2.24, 2.45) is 0 Å². The van der Waals surface area contributed by atoms with E-state index in [0.717, 1.165) is 29.5 Å². The van der Waals surface area contributed by atoms with Gasteiger partial charge in [-0.1, -0.05) is 19.4 Å². The standard InChI is InChI=1S/C13H18O4S/c1-4-5-10-6-7-11(13(14)17-3)9(2)12(10)8-18(15)16/h6-7H,4-5,8H2,1-3H3,(H,15,16). The Balaban J connectivity index is 3.29. The second-order valence-corrected chi connectivity index (χ2v) is 5.01. The number of hydrogen-bond acceptors (Lipinski definition) is 3. The highest BCUT2D eigenvalue weighted by molar-refractivity contribution is 7.78. The molecule has 0 aromatic heterocycles. The van der Waals surface area contributed by atoms with Crippen LogP contribution in [0.3, 0.4) is 0 Å². The van der Waals surface area contributed by atoms with Gasteiger partial charge in [0, 0.05) is 0 Å². The largest absolute Gasteiger partial charge is 0.465 e. The van der Waals surface area contributed by atoms with E-state index in [9.17, 15) is 9.00 Å². The first-order valence-corrected chi connectivity index (χ1v) is 7.06. The normalized spacial score (nSPS) is 12.2. The number of ether oxygens (including phenoxy) is 1. The van der Waals surface area contributed by atoms with E-state index >= 15 is 0 Å². The molecule has 1 N–H and O–H groups in total. The monoisotopic (exact) mass is 270 g/mol. The highest BCUT2D eigenvalue weighted by atomic mass is 32.2. The average Bonchev–Trinajstić information content (AvgIpc) is 2.33. The first-order chi connectivity index (χ1) is 8.51. The highest BCUT2D eigenvalue weighted by Gasteiger charge is 2.16. The van der Waals surface area contributed by atoms with Gasteiger partial charge in [-0.05, 0) is 36.1 Å². The summed E-state index contributed by atoms with van der Waals surface area (Å²) in [6.45, 7) is 3.83. The number of esters is 1. The van der Waals surface area contributed by atoms with Crippen molar-refractivity contribution in [1.82, 2.24) is 0 Å². The second kappa shape index (κ2) is 6.66. The molecule has 0 aliphatic carbocycles. The van der Waals surface area contributed by atoms with Crippen LogP contribution in [0.5, 0.6) is 0 Å². The molecule has 1 atom stereocenters. The summed E-state index contributed by atoms with van der Waals surface area (Å²) < 4.78 is 24.8. The summed E-state index contributed by atoms with van der Waals surface area (Å²) in [6.07, 6.45) is 1.77. The van der Waals surface area contributed by atoms with Crippen LogP contribution in [-0.2, 0) is 28.0 Å². The van der Waals surface area contributed by atoms with Crippen LogP contribution in [0.25, 0.3) is 0 Å². The zero-order chi connectivity index (χ0) is 13.7. The molecule has 0 aliphatic heterocycles. The van der Waals surface area contributed by atoms with E-state index in [1.165, 1.54) is 7.11 Å². The molecule has 1 aromatic rings. The Morgan fingerprint density at radius 1 is 1.44 bits per heavy atom. The van der Waals surface area contributed by atoms with Gasteiger partial charge < -0.3 is 9.29 Å². The van der Waals surface area contributed by atoms with Crippen molar-refractivity contribution in [3.63, 3.8) is 0 Å². The average molecular weight is 270 g/mol. The SMILES string of the molecule is CCCc1ccc(C(=O)OC)c(C)c1CS(=O)O. The summed E-state index contributed by atoms with van der Waals surface area (Å²) in [5.41, 5.74) is 2.98. The Bertz CT molecular complexity index is 468. The van der Waals surface area contributed by atoms with Crippen molar-refractivity contribution < 1.29 is 18.3 Å². The topological polar surface area (TPSA) is 63.6 Å². The van der Waals surface area contributed by atoms with Crippen LogP contribution in [0.4, 0.5) is 0 Å². The minimum atomic E-state index is -1.92. The van der Waals surface area contributed by atoms with Crippen molar-refractivity contribution in [3.05, 3.63) is 34.4 Å². The summed E-state index contributed by atoms with van der Waals surface area (Å²) in [5.74, 6) is -0.369. The van der Waals surface area contributed by atoms with Gasteiger partial charge in [0.2, 0.25) is 0 Å². The van der Waals surface area contributed by atoms with Crippen molar-refractivity contribution in [2.45, 2.75) is 32.4 Å². The molecule has 0 aliphatic rings. The molecular formula is C13H18O4S. The quantitative estimate of drug-likeness (QED) is 0.659. The van der Waals surface area contributed by atoms with Crippen molar-refractivity contribution in [1.29, 1.82) is 0 Å². The lowest BCUT2D eigenvalue weighted by Crippen LogP contribution is -2.09. The molecule has 0 radical (unpaired) electrons. The molecule has 0 amide bonds. The molecule has 0 saturated carbocycles. The van der Waals surface area contributed by atoms with E-state index in [-0.39, 0.29) is 5.75 Å². The summed E-state index contributed by atoms with van der Waals surface area (Å²) >= 11 is -1.92. The Kier molecular flexibility index (Phi) is 5.50. The van der Waals surface area contributed by atoms with Crippen LogP contribution >= 0.6 is 0 Å². The van der Waals surface area contributed by atoms with Gasteiger partial charge in [-0.25, -0.2) is 9.00 Å². The van der Waals surface area contributed by atoms with Crippen LogP contribution in [0.1, 0.15) is 40.4 Å². The maximum absolute atomic E-state index is 11.6. The molecule has 1 rings (SSSR count). The van der Waals surface area contributed by atoms with Gasteiger partial charge in [0.05, 0.1) is 18.4 Å². The lowest BCUT2D eigenvalue weighted by atomic mass is 9.95. The van der Waals surface area contributed by atoms with E-state index in [2.05, 4.69) is 0 Å². The predicted octanol–water partition coefficient (Wildman–Crippen LogP) is 2.46. The van der Waals surface area contributed by atoms with Gasteiger partial charge in [-0.2, -0.15) is 0 Å². The summed E-state index contributed by atoms with van der Waals surface area (Å²) in [5, 5.41) is 0. The molecule has 18 heavy (non-hydrogen) atoms. The lowest BCUT2D eigenvalue weighted by molar-refractivity contribution is 0.0599. The maximum Gasteiger partial charge on any atom is 0.338 e. The molecule has 1 unspecified atom stereocenters. The fraction of sp³-hybridized carbons (Fsp3) is 0.462. The lowest BCUT2D eigenvalue weighted by Gasteiger charge is -2.14. The van der Waals surface area contributed by atoms with Crippen LogP contribution in [0.2, 0.25) is 0 Å². The first-order valence-electron chi connectivity index (χ1n) is 5.78. The van der Waals surface area contributed by atoms with Crippen molar-refractivity contribution in [3.8, 4) is 0 Å². The molecule has 0 heterocycles. The van der Waals surface area contributed by atoms with Crippen LogP contribution in [0, 0.1) is 6.92 Å². The number of rotatable bonds is 5. The van der Waals surface area contributed by atoms with E-state index in [4.69, 9.17) is 9.29 Å². The van der Waals surface area contributed by atoms with Crippen LogP contribution < -0.4 is 0 Å². The number of carbonyl (C=O) groups is 1. The number of benzene rings is 1.